The molecule has 0 unspecified atom stereocenters. The smallest absolute Gasteiger partial charge is 0.270 e. The Kier molecular flexibility index (Phi) is 4.90. The summed E-state index contributed by atoms with van der Waals surface area (Å²) in [6.07, 6.45) is 1.89. The molecular formula is C25H23FN4O. The van der Waals surface area contributed by atoms with Crippen molar-refractivity contribution in [2.24, 2.45) is 7.05 Å². The second-order valence-electron chi connectivity index (χ2n) is 7.84. The lowest BCUT2D eigenvalue weighted by molar-refractivity contribution is 0.0737. The van der Waals surface area contributed by atoms with Crippen LogP contribution in [-0.4, -0.2) is 46.5 Å². The molecule has 31 heavy (non-hydrogen) atoms. The fraction of sp³-hybridized carbons (Fsp3) is 0.200. The van der Waals surface area contributed by atoms with E-state index in [4.69, 9.17) is 4.98 Å². The van der Waals surface area contributed by atoms with E-state index >= 15 is 0 Å². The molecule has 0 saturated carbocycles. The number of anilines is 1. The number of rotatable bonds is 3. The van der Waals surface area contributed by atoms with Gasteiger partial charge in [0, 0.05) is 50.4 Å². The van der Waals surface area contributed by atoms with E-state index in [9.17, 15) is 9.18 Å². The van der Waals surface area contributed by atoms with Gasteiger partial charge >= 0.3 is 0 Å². The Bertz CT molecular complexity index is 1240. The van der Waals surface area contributed by atoms with Crippen molar-refractivity contribution in [2.75, 3.05) is 31.1 Å². The molecule has 2 aromatic carbocycles. The summed E-state index contributed by atoms with van der Waals surface area (Å²) in [7, 11) is 1.89. The number of amides is 1. The average Bonchev–Trinajstić information content (AvgIpc) is 3.24. The quantitative estimate of drug-likeness (QED) is 0.501. The monoisotopic (exact) mass is 414 g/mol. The van der Waals surface area contributed by atoms with E-state index in [2.05, 4.69) is 11.0 Å². The molecule has 1 fully saturated rings. The van der Waals surface area contributed by atoms with Gasteiger partial charge < -0.3 is 14.4 Å². The molecule has 0 radical (unpaired) electrons. The first-order valence-electron chi connectivity index (χ1n) is 10.4. The third-order valence-electron chi connectivity index (χ3n) is 5.91. The molecule has 4 aromatic rings. The standard InChI is InChI=1S/C25H23FN4O/c1-28-13-3-6-22(28)25(31)30-16-14-29(15-17-30)23-12-9-19-4-2-5-21(24(19)27-23)18-7-10-20(26)11-8-18/h2-13H,14-17H2,1H3. The number of aryl methyl sites for hydroxylation is 1. The largest absolute Gasteiger partial charge is 0.353 e. The van der Waals surface area contributed by atoms with E-state index in [1.54, 1.807) is 12.1 Å². The van der Waals surface area contributed by atoms with Crippen molar-refractivity contribution < 1.29 is 9.18 Å². The average molecular weight is 414 g/mol. The van der Waals surface area contributed by atoms with Crippen LogP contribution in [0.25, 0.3) is 22.0 Å². The zero-order chi connectivity index (χ0) is 21.4. The van der Waals surface area contributed by atoms with Crippen molar-refractivity contribution in [2.45, 2.75) is 0 Å². The lowest BCUT2D eigenvalue weighted by Gasteiger charge is -2.35. The number of fused-ring (bicyclic) bond motifs is 1. The number of pyridine rings is 1. The third-order valence-corrected chi connectivity index (χ3v) is 5.91. The Balaban J connectivity index is 1.39. The van der Waals surface area contributed by atoms with Gasteiger partial charge in [-0.3, -0.25) is 4.79 Å². The maximum atomic E-state index is 13.4. The molecule has 2 aromatic heterocycles. The Labute approximate surface area is 180 Å². The second-order valence-corrected chi connectivity index (χ2v) is 7.84. The number of para-hydroxylation sites is 1. The van der Waals surface area contributed by atoms with Crippen LogP contribution in [0.1, 0.15) is 10.5 Å². The first-order chi connectivity index (χ1) is 15.1. The van der Waals surface area contributed by atoms with Crippen LogP contribution < -0.4 is 4.90 Å². The van der Waals surface area contributed by atoms with Gasteiger partial charge in [-0.2, -0.15) is 0 Å². The van der Waals surface area contributed by atoms with Crippen LogP contribution >= 0.6 is 0 Å². The van der Waals surface area contributed by atoms with Crippen molar-refractivity contribution in [3.8, 4) is 11.1 Å². The van der Waals surface area contributed by atoms with Crippen LogP contribution in [0.4, 0.5) is 10.2 Å². The summed E-state index contributed by atoms with van der Waals surface area (Å²) < 4.78 is 15.2. The minimum absolute atomic E-state index is 0.0669. The molecule has 0 atom stereocenters. The zero-order valence-corrected chi connectivity index (χ0v) is 17.3. The molecule has 6 heteroatoms. The summed E-state index contributed by atoms with van der Waals surface area (Å²) in [5, 5.41) is 1.04. The third kappa shape index (κ3) is 3.65. The number of halogens is 1. The number of benzene rings is 2. The van der Waals surface area contributed by atoms with Crippen LogP contribution in [0, 0.1) is 5.82 Å². The summed E-state index contributed by atoms with van der Waals surface area (Å²) in [5.74, 6) is 0.714. The fourth-order valence-electron chi connectivity index (χ4n) is 4.16. The van der Waals surface area contributed by atoms with Crippen LogP contribution in [0.15, 0.2) is 72.9 Å². The Morgan fingerprint density at radius 1 is 0.903 bits per heavy atom. The van der Waals surface area contributed by atoms with Crippen molar-refractivity contribution in [1.29, 1.82) is 0 Å². The van der Waals surface area contributed by atoms with E-state index in [0.29, 0.717) is 18.8 Å². The first kappa shape index (κ1) is 19.3. The number of carbonyl (C=O) groups excluding carboxylic acids is 1. The summed E-state index contributed by atoms with van der Waals surface area (Å²) in [6, 6.07) is 20.4. The maximum Gasteiger partial charge on any atom is 0.270 e. The number of hydrogen-bond donors (Lipinski definition) is 0. The van der Waals surface area contributed by atoms with E-state index in [1.807, 2.05) is 59.1 Å². The van der Waals surface area contributed by atoms with Gasteiger partial charge in [0.1, 0.15) is 17.3 Å². The molecule has 5 nitrogen and oxygen atoms in total. The highest BCUT2D eigenvalue weighted by Gasteiger charge is 2.24. The molecular weight excluding hydrogens is 391 g/mol. The predicted octanol–water partition coefficient (Wildman–Crippen LogP) is 4.34. The van der Waals surface area contributed by atoms with Gasteiger partial charge in [-0.1, -0.05) is 30.3 Å². The van der Waals surface area contributed by atoms with Gasteiger partial charge in [-0.15, -0.1) is 0 Å². The number of piperazine rings is 1. The van der Waals surface area contributed by atoms with Crippen LogP contribution in [0.5, 0.6) is 0 Å². The van der Waals surface area contributed by atoms with Crippen LogP contribution in [0.3, 0.4) is 0 Å². The number of carbonyl (C=O) groups is 1. The first-order valence-corrected chi connectivity index (χ1v) is 10.4. The summed E-state index contributed by atoms with van der Waals surface area (Å²) in [4.78, 5) is 21.8. The second kappa shape index (κ2) is 7.87. The zero-order valence-electron chi connectivity index (χ0n) is 17.3. The van der Waals surface area contributed by atoms with E-state index in [1.165, 1.54) is 12.1 Å². The van der Waals surface area contributed by atoms with Gasteiger partial charge in [-0.05, 0) is 42.0 Å². The number of aromatic nitrogens is 2. The van der Waals surface area contributed by atoms with E-state index < -0.39 is 0 Å². The Morgan fingerprint density at radius 2 is 1.68 bits per heavy atom. The minimum atomic E-state index is -0.250. The van der Waals surface area contributed by atoms with E-state index in [-0.39, 0.29) is 11.7 Å². The number of nitrogens with zero attached hydrogens (tertiary/aromatic N) is 4. The molecule has 0 bridgehead atoms. The minimum Gasteiger partial charge on any atom is -0.353 e. The number of hydrogen-bond acceptors (Lipinski definition) is 3. The van der Waals surface area contributed by atoms with Gasteiger partial charge in [0.05, 0.1) is 5.52 Å². The van der Waals surface area contributed by atoms with Gasteiger partial charge in [0.25, 0.3) is 5.91 Å². The molecule has 3 heterocycles. The molecule has 0 aliphatic carbocycles. The van der Waals surface area contributed by atoms with Crippen molar-refractivity contribution >= 4 is 22.6 Å². The summed E-state index contributed by atoms with van der Waals surface area (Å²) in [5.41, 5.74) is 3.53. The van der Waals surface area contributed by atoms with Crippen molar-refractivity contribution in [3.63, 3.8) is 0 Å². The predicted molar refractivity (Wildman–Crippen MR) is 121 cm³/mol. The highest BCUT2D eigenvalue weighted by atomic mass is 19.1. The SMILES string of the molecule is Cn1cccc1C(=O)N1CCN(c2ccc3cccc(-c4ccc(F)cc4)c3n2)CC1. The van der Waals surface area contributed by atoms with Gasteiger partial charge in [-0.25, -0.2) is 9.37 Å². The Morgan fingerprint density at radius 3 is 2.39 bits per heavy atom. The summed E-state index contributed by atoms with van der Waals surface area (Å²) >= 11 is 0. The lowest BCUT2D eigenvalue weighted by atomic mass is 10.0. The molecule has 1 aliphatic heterocycles. The van der Waals surface area contributed by atoms with Crippen LogP contribution in [-0.2, 0) is 7.05 Å². The normalized spacial score (nSPS) is 14.3. The highest BCUT2D eigenvalue weighted by molar-refractivity contribution is 5.95. The molecule has 1 aliphatic rings. The molecule has 1 amide bonds. The maximum absolute atomic E-state index is 13.4. The molecule has 0 spiro atoms. The molecule has 0 N–H and O–H groups in total. The molecule has 156 valence electrons. The van der Waals surface area contributed by atoms with E-state index in [0.717, 1.165) is 40.9 Å². The molecule has 5 rings (SSSR count). The highest BCUT2D eigenvalue weighted by Crippen LogP contribution is 2.29. The van der Waals surface area contributed by atoms with Crippen LogP contribution in [0.2, 0.25) is 0 Å². The fourth-order valence-corrected chi connectivity index (χ4v) is 4.16. The Hall–Kier alpha value is -3.67. The van der Waals surface area contributed by atoms with Gasteiger partial charge in [0.2, 0.25) is 0 Å². The van der Waals surface area contributed by atoms with Gasteiger partial charge in [0.15, 0.2) is 0 Å². The molecule has 1 saturated heterocycles. The van der Waals surface area contributed by atoms with Crippen molar-refractivity contribution in [3.05, 3.63) is 84.4 Å². The summed E-state index contributed by atoms with van der Waals surface area (Å²) in [6.45, 7) is 2.77. The van der Waals surface area contributed by atoms with Crippen molar-refractivity contribution in [1.82, 2.24) is 14.5 Å². The lowest BCUT2D eigenvalue weighted by Crippen LogP contribution is -2.49. The topological polar surface area (TPSA) is 41.4 Å².